The number of benzene rings is 1. The molecule has 39 heavy (non-hydrogen) atoms. The summed E-state index contributed by atoms with van der Waals surface area (Å²) in [5.74, 6) is 1.73. The fraction of sp³-hybridized carbons (Fsp3) is 0.643. The van der Waals surface area contributed by atoms with Crippen molar-refractivity contribution in [2.24, 2.45) is 5.92 Å². The molecule has 0 bridgehead atoms. The van der Waals surface area contributed by atoms with E-state index in [1.54, 1.807) is 18.2 Å². The van der Waals surface area contributed by atoms with Crippen LogP contribution < -0.4 is 4.90 Å². The van der Waals surface area contributed by atoms with E-state index in [-0.39, 0.29) is 11.8 Å². The molecule has 0 radical (unpaired) electrons. The molecule has 0 spiro atoms. The number of halogens is 2. The highest BCUT2D eigenvalue weighted by Crippen LogP contribution is 2.32. The number of rotatable bonds is 8. The molecule has 6 rings (SSSR count). The second-order valence-electron chi connectivity index (χ2n) is 10.8. The van der Waals surface area contributed by atoms with Crippen LogP contribution in [0, 0.1) is 5.92 Å². The number of anilines is 1. The van der Waals surface area contributed by atoms with Crippen molar-refractivity contribution in [1.82, 2.24) is 29.4 Å². The molecule has 1 aliphatic carbocycles. The molecule has 0 amide bonds. The third kappa shape index (κ3) is 6.05. The maximum Gasteiger partial charge on any atom is 0.296 e. The Morgan fingerprint density at radius 2 is 1.51 bits per heavy atom. The van der Waals surface area contributed by atoms with Gasteiger partial charge in [0.2, 0.25) is 11.9 Å². The summed E-state index contributed by atoms with van der Waals surface area (Å²) < 4.78 is 40.6. The zero-order valence-corrected chi connectivity index (χ0v) is 22.4. The first-order valence-corrected chi connectivity index (χ1v) is 14.3. The minimum Gasteiger partial charge on any atom is -0.379 e. The zero-order chi connectivity index (χ0) is 26.6. The molecule has 2 saturated heterocycles. The molecule has 1 aromatic carbocycles. The van der Waals surface area contributed by atoms with Crippen molar-refractivity contribution < 1.29 is 18.3 Å². The molecule has 0 atom stereocenters. The van der Waals surface area contributed by atoms with Gasteiger partial charge in [-0.25, -0.2) is 13.8 Å². The molecule has 0 unspecified atom stereocenters. The second-order valence-corrected chi connectivity index (χ2v) is 10.8. The van der Waals surface area contributed by atoms with Crippen molar-refractivity contribution in [1.29, 1.82) is 0 Å². The van der Waals surface area contributed by atoms with Gasteiger partial charge in [0.15, 0.2) is 5.82 Å². The Kier molecular flexibility index (Phi) is 8.26. The van der Waals surface area contributed by atoms with Crippen LogP contribution >= 0.6 is 0 Å². The monoisotopic (exact) mass is 541 g/mol. The molecule has 9 nitrogen and oxygen atoms in total. The SMILES string of the molecule is FC(F)c1nc2ccccc2n1-c1nc(CCCC2CCC(N3CCOCC3)CC2)nc(N2CCOCC2)n1. The molecule has 3 aliphatic rings. The molecular weight excluding hydrogens is 504 g/mol. The van der Waals surface area contributed by atoms with Gasteiger partial charge < -0.3 is 14.4 Å². The summed E-state index contributed by atoms with van der Waals surface area (Å²) in [4.78, 5) is 23.0. The van der Waals surface area contributed by atoms with Crippen LogP contribution in [0.3, 0.4) is 0 Å². The van der Waals surface area contributed by atoms with Crippen LogP contribution in [-0.4, -0.2) is 88.1 Å². The summed E-state index contributed by atoms with van der Waals surface area (Å²) in [7, 11) is 0. The summed E-state index contributed by atoms with van der Waals surface area (Å²) in [5.41, 5.74) is 1.06. The Bertz CT molecular complexity index is 1240. The molecule has 2 aliphatic heterocycles. The molecule has 0 N–H and O–H groups in total. The number of hydrogen-bond donors (Lipinski definition) is 0. The Labute approximate surface area is 227 Å². The number of alkyl halides is 2. The summed E-state index contributed by atoms with van der Waals surface area (Å²) in [5, 5.41) is 0. The van der Waals surface area contributed by atoms with E-state index < -0.39 is 6.43 Å². The maximum atomic E-state index is 14.1. The summed E-state index contributed by atoms with van der Waals surface area (Å²) >= 11 is 0. The highest BCUT2D eigenvalue weighted by molar-refractivity contribution is 5.77. The van der Waals surface area contributed by atoms with Crippen LogP contribution in [0.4, 0.5) is 14.7 Å². The first-order chi connectivity index (χ1) is 19.2. The third-order valence-electron chi connectivity index (χ3n) is 8.33. The van der Waals surface area contributed by atoms with Crippen LogP contribution in [0.5, 0.6) is 0 Å². The molecule has 3 aromatic rings. The van der Waals surface area contributed by atoms with Crippen molar-refractivity contribution in [3.63, 3.8) is 0 Å². The van der Waals surface area contributed by atoms with E-state index in [0.717, 1.165) is 39.1 Å². The van der Waals surface area contributed by atoms with Crippen molar-refractivity contribution in [2.75, 3.05) is 57.5 Å². The minimum absolute atomic E-state index is 0.205. The number of nitrogens with zero attached hydrogens (tertiary/aromatic N) is 7. The van der Waals surface area contributed by atoms with Crippen molar-refractivity contribution >= 4 is 17.0 Å². The Morgan fingerprint density at radius 3 is 2.26 bits per heavy atom. The number of imidazole rings is 1. The van der Waals surface area contributed by atoms with Gasteiger partial charge in [-0.1, -0.05) is 18.6 Å². The van der Waals surface area contributed by atoms with Crippen LogP contribution in [0.1, 0.15) is 56.6 Å². The van der Waals surface area contributed by atoms with Crippen LogP contribution in [0.15, 0.2) is 24.3 Å². The van der Waals surface area contributed by atoms with Gasteiger partial charge in [-0.3, -0.25) is 9.47 Å². The standard InChI is InChI=1S/C28H37F2N7O2/c29-25(30)26-31-22-5-1-2-6-23(22)37(26)28-33-24(32-27(34-28)36-14-18-39-19-15-36)7-3-4-20-8-10-21(11-9-20)35-12-16-38-17-13-35/h1-2,5-6,20-21,25H,3-4,7-19H2. The van der Waals surface area contributed by atoms with Crippen LogP contribution in [-0.2, 0) is 15.9 Å². The van der Waals surface area contributed by atoms with E-state index in [2.05, 4.69) is 14.9 Å². The van der Waals surface area contributed by atoms with E-state index in [4.69, 9.17) is 19.4 Å². The quantitative estimate of drug-likeness (QED) is 0.420. The normalized spacial score (nSPS) is 23.1. The van der Waals surface area contributed by atoms with Gasteiger partial charge in [0.05, 0.1) is 37.5 Å². The predicted molar refractivity (Wildman–Crippen MR) is 144 cm³/mol. The first-order valence-electron chi connectivity index (χ1n) is 14.3. The van der Waals surface area contributed by atoms with E-state index in [1.165, 1.54) is 30.3 Å². The molecule has 4 heterocycles. The lowest BCUT2D eigenvalue weighted by molar-refractivity contribution is 0.00458. The number of para-hydroxylation sites is 2. The molecule has 2 aromatic heterocycles. The number of fused-ring (bicyclic) bond motifs is 1. The summed E-state index contributed by atoms with van der Waals surface area (Å²) in [6, 6.07) is 7.81. The summed E-state index contributed by atoms with van der Waals surface area (Å²) in [6.45, 7) is 6.30. The third-order valence-corrected chi connectivity index (χ3v) is 8.33. The average molecular weight is 542 g/mol. The van der Waals surface area contributed by atoms with E-state index >= 15 is 0 Å². The molecule has 3 fully saturated rings. The van der Waals surface area contributed by atoms with Crippen molar-refractivity contribution in [2.45, 2.75) is 57.4 Å². The average Bonchev–Trinajstić information content (AvgIpc) is 3.39. The Hall–Kier alpha value is -2.76. The Morgan fingerprint density at radius 1 is 0.821 bits per heavy atom. The minimum atomic E-state index is -2.75. The largest absolute Gasteiger partial charge is 0.379 e. The molecule has 11 heteroatoms. The first kappa shape index (κ1) is 26.5. The number of morpholine rings is 2. The van der Waals surface area contributed by atoms with E-state index in [1.807, 2.05) is 11.0 Å². The maximum absolute atomic E-state index is 14.1. The lowest BCUT2D eigenvalue weighted by Gasteiger charge is -2.38. The second kappa shape index (κ2) is 12.2. The molecule has 1 saturated carbocycles. The summed E-state index contributed by atoms with van der Waals surface area (Å²) in [6.07, 6.45) is 5.04. The van der Waals surface area contributed by atoms with E-state index in [0.29, 0.717) is 67.5 Å². The number of aromatic nitrogens is 5. The predicted octanol–water partition coefficient (Wildman–Crippen LogP) is 4.20. The molecule has 210 valence electrons. The smallest absolute Gasteiger partial charge is 0.296 e. The highest BCUT2D eigenvalue weighted by Gasteiger charge is 2.27. The van der Waals surface area contributed by atoms with Gasteiger partial charge in [0, 0.05) is 38.6 Å². The number of hydrogen-bond acceptors (Lipinski definition) is 8. The van der Waals surface area contributed by atoms with Gasteiger partial charge in [-0.2, -0.15) is 15.0 Å². The van der Waals surface area contributed by atoms with Gasteiger partial charge in [0.25, 0.3) is 6.43 Å². The number of aryl methyl sites for hydroxylation is 1. The fourth-order valence-electron chi connectivity index (χ4n) is 6.20. The lowest BCUT2D eigenvalue weighted by Crippen LogP contribution is -2.45. The highest BCUT2D eigenvalue weighted by atomic mass is 19.3. The van der Waals surface area contributed by atoms with Crippen LogP contribution in [0.25, 0.3) is 17.0 Å². The van der Waals surface area contributed by atoms with Crippen molar-refractivity contribution in [3.8, 4) is 5.95 Å². The lowest BCUT2D eigenvalue weighted by atomic mass is 9.82. The Balaban J connectivity index is 1.18. The van der Waals surface area contributed by atoms with Gasteiger partial charge >= 0.3 is 0 Å². The van der Waals surface area contributed by atoms with Crippen LogP contribution in [0.2, 0.25) is 0 Å². The van der Waals surface area contributed by atoms with Gasteiger partial charge in [-0.15, -0.1) is 0 Å². The molecular formula is C28H37F2N7O2. The fourth-order valence-corrected chi connectivity index (χ4v) is 6.20. The van der Waals surface area contributed by atoms with Gasteiger partial charge in [0.1, 0.15) is 5.82 Å². The van der Waals surface area contributed by atoms with E-state index in [9.17, 15) is 8.78 Å². The van der Waals surface area contributed by atoms with Crippen molar-refractivity contribution in [3.05, 3.63) is 35.9 Å². The zero-order valence-electron chi connectivity index (χ0n) is 22.4. The van der Waals surface area contributed by atoms with Gasteiger partial charge in [-0.05, 0) is 50.2 Å². The number of ether oxygens (including phenoxy) is 2. The topological polar surface area (TPSA) is 81.4 Å².